The molecule has 0 aliphatic heterocycles. The van der Waals surface area contributed by atoms with E-state index in [1.165, 1.54) is 0 Å². The summed E-state index contributed by atoms with van der Waals surface area (Å²) < 4.78 is 0. The lowest BCUT2D eigenvalue weighted by Gasteiger charge is -2.69. The van der Waals surface area contributed by atoms with Crippen LogP contribution in [0.5, 0.6) is 0 Å². The zero-order valence-corrected chi connectivity index (χ0v) is 8.22. The maximum absolute atomic E-state index is 10.2. The average Bonchev–Trinajstić information content (AvgIpc) is 1.94. The van der Waals surface area contributed by atoms with Crippen molar-refractivity contribution in [2.75, 3.05) is 0 Å². The van der Waals surface area contributed by atoms with Gasteiger partial charge < -0.3 is 10.8 Å². The standard InChI is InChI=1S/C10H19NO/c1-8(2)7-4-5-9(3,12)10(8,11)6-7/h7,12H,4-6,11H2,1-3H3. The highest BCUT2D eigenvalue weighted by Gasteiger charge is 2.68. The molecule has 0 amide bonds. The topological polar surface area (TPSA) is 46.2 Å². The van der Waals surface area contributed by atoms with Gasteiger partial charge in [0.1, 0.15) is 0 Å². The van der Waals surface area contributed by atoms with Gasteiger partial charge in [-0.3, -0.25) is 0 Å². The van der Waals surface area contributed by atoms with Crippen molar-refractivity contribution in [1.29, 1.82) is 0 Å². The van der Waals surface area contributed by atoms with Gasteiger partial charge in [0.25, 0.3) is 0 Å². The summed E-state index contributed by atoms with van der Waals surface area (Å²) in [5, 5.41) is 10.2. The second-order valence-electron chi connectivity index (χ2n) is 5.41. The second-order valence-corrected chi connectivity index (χ2v) is 5.41. The minimum Gasteiger partial charge on any atom is -0.388 e. The van der Waals surface area contributed by atoms with Crippen LogP contribution < -0.4 is 5.73 Å². The molecule has 2 nitrogen and oxygen atoms in total. The van der Waals surface area contributed by atoms with Gasteiger partial charge in [-0.25, -0.2) is 0 Å². The van der Waals surface area contributed by atoms with Crippen LogP contribution in [0.15, 0.2) is 0 Å². The van der Waals surface area contributed by atoms with Gasteiger partial charge in [0, 0.05) is 0 Å². The highest BCUT2D eigenvalue weighted by Crippen LogP contribution is 2.63. The number of hydrogen-bond donors (Lipinski definition) is 2. The SMILES string of the molecule is CC1(O)CCC2CC1(N)C2(C)C. The van der Waals surface area contributed by atoms with Crippen molar-refractivity contribution in [2.24, 2.45) is 17.1 Å². The van der Waals surface area contributed by atoms with E-state index in [0.717, 1.165) is 25.2 Å². The summed E-state index contributed by atoms with van der Waals surface area (Å²) in [6, 6.07) is 0. The first-order valence-corrected chi connectivity index (χ1v) is 4.82. The molecule has 2 heteroatoms. The molecule has 0 spiro atoms. The molecular formula is C10H19NO. The molecular weight excluding hydrogens is 150 g/mol. The Morgan fingerprint density at radius 3 is 2.25 bits per heavy atom. The van der Waals surface area contributed by atoms with E-state index in [1.54, 1.807) is 0 Å². The fraction of sp³-hybridized carbons (Fsp3) is 1.00. The molecule has 3 fully saturated rings. The largest absolute Gasteiger partial charge is 0.388 e. The molecule has 0 radical (unpaired) electrons. The number of fused-ring (bicyclic) bond motifs is 2. The summed E-state index contributed by atoms with van der Waals surface area (Å²) in [5.74, 6) is 0.739. The molecule has 3 unspecified atom stereocenters. The molecule has 0 saturated heterocycles. The van der Waals surface area contributed by atoms with E-state index >= 15 is 0 Å². The quantitative estimate of drug-likeness (QED) is 0.573. The third kappa shape index (κ3) is 0.647. The van der Waals surface area contributed by atoms with E-state index in [2.05, 4.69) is 13.8 Å². The zero-order valence-electron chi connectivity index (χ0n) is 8.22. The number of aliphatic hydroxyl groups is 1. The molecule has 0 aromatic carbocycles. The number of nitrogens with two attached hydrogens (primary N) is 1. The van der Waals surface area contributed by atoms with E-state index < -0.39 is 5.60 Å². The minimum absolute atomic E-state index is 0.134. The van der Waals surface area contributed by atoms with Crippen LogP contribution >= 0.6 is 0 Å². The summed E-state index contributed by atoms with van der Waals surface area (Å²) in [7, 11) is 0. The first kappa shape index (κ1) is 8.52. The summed E-state index contributed by atoms with van der Waals surface area (Å²) >= 11 is 0. The predicted molar refractivity (Wildman–Crippen MR) is 48.7 cm³/mol. The van der Waals surface area contributed by atoms with E-state index in [9.17, 15) is 5.11 Å². The molecule has 0 aromatic heterocycles. The molecule has 0 heterocycles. The summed E-state index contributed by atoms with van der Waals surface area (Å²) in [6.45, 7) is 6.27. The third-order valence-electron chi connectivity index (χ3n) is 4.68. The second kappa shape index (κ2) is 1.88. The molecule has 3 atom stereocenters. The van der Waals surface area contributed by atoms with Crippen LogP contribution in [0.4, 0.5) is 0 Å². The van der Waals surface area contributed by atoms with Crippen LogP contribution in [0.2, 0.25) is 0 Å². The van der Waals surface area contributed by atoms with Crippen LogP contribution in [0, 0.1) is 11.3 Å². The van der Waals surface area contributed by atoms with Crippen LogP contribution in [0.3, 0.4) is 0 Å². The maximum Gasteiger partial charge on any atom is 0.0803 e. The van der Waals surface area contributed by atoms with Gasteiger partial charge in [0.05, 0.1) is 11.1 Å². The number of hydrogen-bond acceptors (Lipinski definition) is 2. The van der Waals surface area contributed by atoms with Crippen molar-refractivity contribution in [3.63, 3.8) is 0 Å². The van der Waals surface area contributed by atoms with Crippen molar-refractivity contribution in [3.8, 4) is 0 Å². The van der Waals surface area contributed by atoms with Crippen molar-refractivity contribution in [2.45, 2.75) is 51.2 Å². The lowest BCUT2D eigenvalue weighted by molar-refractivity contribution is -0.211. The van der Waals surface area contributed by atoms with Crippen LogP contribution in [-0.4, -0.2) is 16.2 Å². The first-order valence-electron chi connectivity index (χ1n) is 4.82. The molecule has 70 valence electrons. The fourth-order valence-electron chi connectivity index (χ4n) is 3.20. The first-order chi connectivity index (χ1) is 5.31. The number of rotatable bonds is 0. The van der Waals surface area contributed by atoms with E-state index in [4.69, 9.17) is 5.73 Å². The Kier molecular flexibility index (Phi) is 1.33. The zero-order chi connectivity index (χ0) is 9.20. The van der Waals surface area contributed by atoms with Crippen molar-refractivity contribution < 1.29 is 5.11 Å². The van der Waals surface area contributed by atoms with Crippen molar-refractivity contribution in [3.05, 3.63) is 0 Å². The van der Waals surface area contributed by atoms with Gasteiger partial charge in [-0.2, -0.15) is 0 Å². The van der Waals surface area contributed by atoms with Gasteiger partial charge in [-0.05, 0) is 37.5 Å². The van der Waals surface area contributed by atoms with Crippen LogP contribution in [-0.2, 0) is 0 Å². The molecule has 2 bridgehead atoms. The van der Waals surface area contributed by atoms with E-state index in [-0.39, 0.29) is 11.0 Å². The molecule has 3 saturated carbocycles. The van der Waals surface area contributed by atoms with Crippen LogP contribution in [0.1, 0.15) is 40.0 Å². The lowest BCUT2D eigenvalue weighted by atomic mass is 9.40. The Morgan fingerprint density at radius 1 is 1.33 bits per heavy atom. The average molecular weight is 169 g/mol. The molecule has 3 aliphatic rings. The van der Waals surface area contributed by atoms with E-state index in [1.807, 2.05) is 6.92 Å². The third-order valence-corrected chi connectivity index (χ3v) is 4.68. The monoisotopic (exact) mass is 169 g/mol. The van der Waals surface area contributed by atoms with E-state index in [0.29, 0.717) is 0 Å². The van der Waals surface area contributed by atoms with Crippen molar-refractivity contribution >= 4 is 0 Å². The summed E-state index contributed by atoms with van der Waals surface area (Å²) in [4.78, 5) is 0. The smallest absolute Gasteiger partial charge is 0.0803 e. The highest BCUT2D eigenvalue weighted by atomic mass is 16.3. The van der Waals surface area contributed by atoms with Gasteiger partial charge in [-0.1, -0.05) is 13.8 Å². The lowest BCUT2D eigenvalue weighted by Crippen LogP contribution is -2.79. The predicted octanol–water partition coefficient (Wildman–Crippen LogP) is 1.27. The van der Waals surface area contributed by atoms with Gasteiger partial charge >= 0.3 is 0 Å². The van der Waals surface area contributed by atoms with Gasteiger partial charge in [-0.15, -0.1) is 0 Å². The van der Waals surface area contributed by atoms with Gasteiger partial charge in [0.15, 0.2) is 0 Å². The molecule has 3 N–H and O–H groups in total. The molecule has 3 rings (SSSR count). The van der Waals surface area contributed by atoms with Crippen molar-refractivity contribution in [1.82, 2.24) is 0 Å². The Morgan fingerprint density at radius 2 is 1.92 bits per heavy atom. The molecule has 12 heavy (non-hydrogen) atoms. The minimum atomic E-state index is -0.648. The van der Waals surface area contributed by atoms with Gasteiger partial charge in [0.2, 0.25) is 0 Å². The normalized spacial score (nSPS) is 56.2. The Balaban J connectivity index is 2.37. The maximum atomic E-state index is 10.2. The highest BCUT2D eigenvalue weighted by molar-refractivity contribution is 5.23. The summed E-state index contributed by atoms with van der Waals surface area (Å²) in [5.41, 5.74) is 5.40. The Labute approximate surface area is 74.1 Å². The Hall–Kier alpha value is -0.0800. The molecule has 0 aromatic rings. The molecule has 3 aliphatic carbocycles. The summed E-state index contributed by atoms with van der Waals surface area (Å²) in [6.07, 6.45) is 3.02. The van der Waals surface area contributed by atoms with Crippen LogP contribution in [0.25, 0.3) is 0 Å². The Bertz CT molecular complexity index is 212. The fourth-order valence-corrected chi connectivity index (χ4v) is 3.20.